The first-order valence-corrected chi connectivity index (χ1v) is 10.4. The second-order valence-electron chi connectivity index (χ2n) is 7.27. The lowest BCUT2D eigenvalue weighted by atomic mass is 9.92. The Morgan fingerprint density at radius 3 is 2.12 bits per heavy atom. The van der Waals surface area contributed by atoms with Crippen molar-refractivity contribution in [1.29, 1.82) is 0 Å². The fraction of sp³-hybridized carbons (Fsp3) is 0.381. The molecule has 12 heteroatoms. The lowest BCUT2D eigenvalue weighted by Crippen LogP contribution is -2.47. The highest BCUT2D eigenvalue weighted by molar-refractivity contribution is 6.34. The third kappa shape index (κ3) is 6.91. The molecule has 0 radical (unpaired) electrons. The number of carbonyl (C=O) groups excluding carboxylic acids is 1. The van der Waals surface area contributed by atoms with Gasteiger partial charge in [-0.05, 0) is 47.9 Å². The summed E-state index contributed by atoms with van der Waals surface area (Å²) < 4.78 is 81.8. The number of benzene rings is 2. The largest absolute Gasteiger partial charge is 0.423 e. The third-order valence-corrected chi connectivity index (χ3v) is 5.16. The van der Waals surface area contributed by atoms with E-state index >= 15 is 0 Å². The monoisotopic (exact) mass is 516 g/mol. The number of alkyl halides is 6. The van der Waals surface area contributed by atoms with E-state index in [1.807, 2.05) is 0 Å². The molecule has 1 amide bonds. The van der Waals surface area contributed by atoms with Gasteiger partial charge in [-0.25, -0.2) is 0 Å². The van der Waals surface area contributed by atoms with Gasteiger partial charge in [-0.1, -0.05) is 36.2 Å². The van der Waals surface area contributed by atoms with Crippen molar-refractivity contribution in [2.45, 2.75) is 44.3 Å². The summed E-state index contributed by atoms with van der Waals surface area (Å²) in [6.45, 7) is 0.124. The zero-order chi connectivity index (χ0) is 25.0. The minimum absolute atomic E-state index is 0.143. The number of nitrogens with one attached hydrogen (secondary N) is 2. The maximum atomic E-state index is 13.7. The van der Waals surface area contributed by atoms with Crippen LogP contribution in [0.1, 0.15) is 36.5 Å². The molecule has 2 aromatic carbocycles. The summed E-state index contributed by atoms with van der Waals surface area (Å²) in [6.07, 6.45) is -9.38. The van der Waals surface area contributed by atoms with E-state index in [0.717, 1.165) is 24.3 Å². The molecule has 0 heterocycles. The van der Waals surface area contributed by atoms with Gasteiger partial charge < -0.3 is 15.7 Å². The van der Waals surface area contributed by atoms with Crippen molar-refractivity contribution in [2.24, 2.45) is 0 Å². The van der Waals surface area contributed by atoms with Gasteiger partial charge in [-0.3, -0.25) is 4.79 Å². The fourth-order valence-corrected chi connectivity index (χ4v) is 3.53. The van der Waals surface area contributed by atoms with Crippen molar-refractivity contribution in [1.82, 2.24) is 5.32 Å². The maximum Gasteiger partial charge on any atom is 0.423 e. The number of halogens is 8. The zero-order valence-corrected chi connectivity index (χ0v) is 18.7. The summed E-state index contributed by atoms with van der Waals surface area (Å²) in [6, 6.07) is 5.68. The SMILES string of the molecule is CCCC(=O)NCc1ccc(NC[C@](O)(c2cc(Cl)cc(Cl)c2)C(F)(F)F)cc1C(F)(F)F. The van der Waals surface area contributed by atoms with E-state index in [0.29, 0.717) is 12.5 Å². The Labute approximate surface area is 195 Å². The van der Waals surface area contributed by atoms with Crippen molar-refractivity contribution in [3.8, 4) is 0 Å². The molecule has 0 bridgehead atoms. The maximum absolute atomic E-state index is 13.7. The van der Waals surface area contributed by atoms with E-state index in [1.54, 1.807) is 6.92 Å². The van der Waals surface area contributed by atoms with Gasteiger partial charge in [0.1, 0.15) is 0 Å². The Morgan fingerprint density at radius 2 is 1.61 bits per heavy atom. The van der Waals surface area contributed by atoms with Crippen molar-refractivity contribution in [2.75, 3.05) is 11.9 Å². The molecule has 0 unspecified atom stereocenters. The molecular formula is C21H20Cl2F6N2O2. The number of aliphatic hydroxyl groups is 1. The molecule has 0 fully saturated rings. The number of hydrogen-bond donors (Lipinski definition) is 3. The molecule has 4 nitrogen and oxygen atoms in total. The van der Waals surface area contributed by atoms with Crippen LogP contribution in [0.3, 0.4) is 0 Å². The van der Waals surface area contributed by atoms with E-state index in [1.165, 1.54) is 6.07 Å². The van der Waals surface area contributed by atoms with Crippen molar-refractivity contribution in [3.63, 3.8) is 0 Å². The van der Waals surface area contributed by atoms with Crippen LogP contribution in [-0.4, -0.2) is 23.7 Å². The first-order chi connectivity index (χ1) is 15.2. The van der Waals surface area contributed by atoms with Gasteiger partial charge in [0.2, 0.25) is 11.5 Å². The van der Waals surface area contributed by atoms with Crippen molar-refractivity contribution < 1.29 is 36.2 Å². The molecule has 0 saturated carbocycles. The van der Waals surface area contributed by atoms with Gasteiger partial charge in [0, 0.05) is 28.7 Å². The summed E-state index contributed by atoms with van der Waals surface area (Å²) >= 11 is 11.5. The van der Waals surface area contributed by atoms with Gasteiger partial charge in [0.15, 0.2) is 0 Å². The number of amides is 1. The molecule has 33 heavy (non-hydrogen) atoms. The molecule has 0 aliphatic heterocycles. The molecule has 0 aromatic heterocycles. The van der Waals surface area contributed by atoms with Crippen molar-refractivity contribution >= 4 is 34.8 Å². The lowest BCUT2D eigenvalue weighted by molar-refractivity contribution is -0.260. The highest BCUT2D eigenvalue weighted by atomic mass is 35.5. The summed E-state index contributed by atoms with van der Waals surface area (Å²) in [7, 11) is 0. The minimum atomic E-state index is -5.20. The summed E-state index contributed by atoms with van der Waals surface area (Å²) in [4.78, 5) is 11.6. The highest BCUT2D eigenvalue weighted by Crippen LogP contribution is 2.41. The van der Waals surface area contributed by atoms with Crippen LogP contribution in [0, 0.1) is 0 Å². The predicted octanol–water partition coefficient (Wildman–Crippen LogP) is 6.29. The van der Waals surface area contributed by atoms with Crippen LogP contribution in [-0.2, 0) is 23.1 Å². The van der Waals surface area contributed by atoms with Crippen LogP contribution in [0.25, 0.3) is 0 Å². The second-order valence-corrected chi connectivity index (χ2v) is 8.14. The normalized spacial score (nSPS) is 14.0. The Morgan fingerprint density at radius 1 is 1.00 bits per heavy atom. The van der Waals surface area contributed by atoms with Crippen LogP contribution >= 0.6 is 23.2 Å². The molecular weight excluding hydrogens is 497 g/mol. The zero-order valence-electron chi connectivity index (χ0n) is 17.2. The average Bonchev–Trinajstić information content (AvgIpc) is 2.68. The van der Waals surface area contributed by atoms with Gasteiger partial charge >= 0.3 is 12.4 Å². The van der Waals surface area contributed by atoms with Gasteiger partial charge in [0.25, 0.3) is 0 Å². The van der Waals surface area contributed by atoms with Gasteiger partial charge in [0.05, 0.1) is 12.1 Å². The molecule has 3 N–H and O–H groups in total. The number of hydrogen-bond acceptors (Lipinski definition) is 3. The number of rotatable bonds is 8. The Hall–Kier alpha value is -2.17. The molecule has 0 spiro atoms. The van der Waals surface area contributed by atoms with Crippen LogP contribution in [0.2, 0.25) is 10.0 Å². The molecule has 0 saturated heterocycles. The van der Waals surface area contributed by atoms with E-state index < -0.39 is 48.1 Å². The summed E-state index contributed by atoms with van der Waals surface area (Å²) in [5.74, 6) is -0.428. The van der Waals surface area contributed by atoms with Gasteiger partial charge in [-0.2, -0.15) is 26.3 Å². The molecule has 182 valence electrons. The highest BCUT2D eigenvalue weighted by Gasteiger charge is 2.55. The molecule has 0 aliphatic carbocycles. The third-order valence-electron chi connectivity index (χ3n) is 4.73. The van der Waals surface area contributed by atoms with Gasteiger partial charge in [-0.15, -0.1) is 0 Å². The van der Waals surface area contributed by atoms with Crippen LogP contribution in [0.15, 0.2) is 36.4 Å². The summed E-state index contributed by atoms with van der Waals surface area (Å²) in [5.41, 5.74) is -5.88. The number of anilines is 1. The molecule has 2 aromatic rings. The first kappa shape index (κ1) is 27.1. The standard InChI is InChI=1S/C21H20Cl2F6N2O2/c1-2-3-18(32)30-10-12-4-5-16(9-17(12)20(24,25)26)31-11-19(33,21(27,28)29)13-6-14(22)8-15(23)7-13/h4-9,31,33H,2-3,10-11H2,1H3,(H,30,32)/t19-/m0/s1. The topological polar surface area (TPSA) is 61.4 Å². The average molecular weight is 517 g/mol. The minimum Gasteiger partial charge on any atom is -0.381 e. The Bertz CT molecular complexity index is 977. The second kappa shape index (κ2) is 10.4. The van der Waals surface area contributed by atoms with E-state index in [4.69, 9.17) is 23.2 Å². The first-order valence-electron chi connectivity index (χ1n) is 9.63. The van der Waals surface area contributed by atoms with Crippen LogP contribution < -0.4 is 10.6 Å². The van der Waals surface area contributed by atoms with Crippen LogP contribution in [0.4, 0.5) is 32.0 Å². The fourth-order valence-electron chi connectivity index (χ4n) is 3.00. The quantitative estimate of drug-likeness (QED) is 0.361. The molecule has 1 atom stereocenters. The predicted molar refractivity (Wildman–Crippen MR) is 113 cm³/mol. The Kier molecular flexibility index (Phi) is 8.53. The van der Waals surface area contributed by atoms with Crippen molar-refractivity contribution in [3.05, 3.63) is 63.1 Å². The number of carbonyl (C=O) groups is 1. The van der Waals surface area contributed by atoms with E-state index in [-0.39, 0.29) is 27.7 Å². The van der Waals surface area contributed by atoms with E-state index in [2.05, 4.69) is 10.6 Å². The lowest BCUT2D eigenvalue weighted by Gasteiger charge is -2.32. The van der Waals surface area contributed by atoms with Crippen LogP contribution in [0.5, 0.6) is 0 Å². The molecule has 2 rings (SSSR count). The van der Waals surface area contributed by atoms with E-state index in [9.17, 15) is 36.2 Å². The smallest absolute Gasteiger partial charge is 0.381 e. The Balaban J connectivity index is 2.33. The summed E-state index contributed by atoms with van der Waals surface area (Å²) in [5, 5.41) is 14.7. The molecule has 0 aliphatic rings.